The quantitative estimate of drug-likeness (QED) is 0.473. The summed E-state index contributed by atoms with van der Waals surface area (Å²) in [5.74, 6) is 0.472. The van der Waals surface area contributed by atoms with Crippen molar-refractivity contribution < 1.29 is 17.6 Å². The average Bonchev–Trinajstić information content (AvgIpc) is 3.29. The molecule has 2 aromatic carbocycles. The molecule has 0 aliphatic carbocycles. The van der Waals surface area contributed by atoms with E-state index in [2.05, 4.69) is 10.2 Å². The minimum absolute atomic E-state index is 0.0301. The van der Waals surface area contributed by atoms with E-state index in [1.165, 1.54) is 21.6 Å². The molecule has 174 valence electrons. The van der Waals surface area contributed by atoms with Crippen LogP contribution >= 0.6 is 11.8 Å². The van der Waals surface area contributed by atoms with Gasteiger partial charge in [0.15, 0.2) is 0 Å². The highest BCUT2D eigenvalue weighted by Gasteiger charge is 2.29. The van der Waals surface area contributed by atoms with E-state index in [0.717, 1.165) is 16.7 Å². The van der Waals surface area contributed by atoms with Gasteiger partial charge >= 0.3 is 0 Å². The summed E-state index contributed by atoms with van der Waals surface area (Å²) in [6.45, 7) is 5.39. The van der Waals surface area contributed by atoms with Crippen molar-refractivity contribution in [2.75, 3.05) is 31.9 Å². The van der Waals surface area contributed by atoms with Gasteiger partial charge in [-0.25, -0.2) is 8.42 Å². The van der Waals surface area contributed by atoms with E-state index in [1.807, 2.05) is 50.2 Å². The molecule has 3 aromatic rings. The Hall–Kier alpha value is -2.69. The molecule has 0 atom stereocenters. The number of hydrogen-bond donors (Lipinski definition) is 0. The highest BCUT2D eigenvalue weighted by atomic mass is 32.2. The molecule has 0 radical (unpaired) electrons. The molecule has 1 fully saturated rings. The van der Waals surface area contributed by atoms with Gasteiger partial charge in [-0.3, -0.25) is 4.79 Å². The van der Waals surface area contributed by atoms with Crippen molar-refractivity contribution >= 4 is 27.7 Å². The van der Waals surface area contributed by atoms with Gasteiger partial charge in [-0.05, 0) is 42.7 Å². The molecule has 10 heteroatoms. The van der Waals surface area contributed by atoms with Crippen LogP contribution in [-0.2, 0) is 20.6 Å². The molecule has 1 amide bonds. The van der Waals surface area contributed by atoms with E-state index in [4.69, 9.17) is 4.42 Å². The number of nitrogens with zero attached hydrogens (tertiary/aromatic N) is 4. The molecule has 8 nitrogen and oxygen atoms in total. The van der Waals surface area contributed by atoms with Crippen LogP contribution in [-0.4, -0.2) is 65.7 Å². The molecule has 1 aliphatic rings. The molecule has 0 unspecified atom stereocenters. The fourth-order valence-electron chi connectivity index (χ4n) is 3.57. The van der Waals surface area contributed by atoms with E-state index in [1.54, 1.807) is 17.0 Å². The van der Waals surface area contributed by atoms with Crippen molar-refractivity contribution in [3.8, 4) is 11.5 Å². The number of piperazine rings is 1. The number of amides is 1. The van der Waals surface area contributed by atoms with Gasteiger partial charge in [-0.2, -0.15) is 4.31 Å². The molecule has 33 heavy (non-hydrogen) atoms. The Morgan fingerprint density at radius 2 is 1.73 bits per heavy atom. The first-order valence-corrected chi connectivity index (χ1v) is 13.2. The van der Waals surface area contributed by atoms with Crippen LogP contribution in [0.25, 0.3) is 11.5 Å². The SMILES string of the molecule is Cc1ccc(-c2nnc(SCC(=O)N3CCN(S(=O)(=O)Cc4ccccc4)CC3)o2)cc1C. The van der Waals surface area contributed by atoms with E-state index in [-0.39, 0.29) is 17.4 Å². The molecular weight excluding hydrogens is 460 g/mol. The molecule has 1 aliphatic heterocycles. The average molecular weight is 487 g/mol. The second kappa shape index (κ2) is 10.1. The van der Waals surface area contributed by atoms with E-state index in [0.29, 0.717) is 37.3 Å². The lowest BCUT2D eigenvalue weighted by atomic mass is 10.1. The summed E-state index contributed by atoms with van der Waals surface area (Å²) in [6, 6.07) is 15.0. The standard InChI is InChI=1S/C23H26N4O4S2/c1-17-8-9-20(14-18(17)2)22-24-25-23(31-22)32-15-21(28)26-10-12-27(13-11-26)33(29,30)16-19-6-4-3-5-7-19/h3-9,14H,10-13,15-16H2,1-2H3. The van der Waals surface area contributed by atoms with Crippen LogP contribution in [0.15, 0.2) is 58.2 Å². The fourth-order valence-corrected chi connectivity index (χ4v) is 5.75. The zero-order valence-corrected chi connectivity index (χ0v) is 20.2. The van der Waals surface area contributed by atoms with Gasteiger partial charge in [0.2, 0.25) is 21.8 Å². The van der Waals surface area contributed by atoms with Crippen molar-refractivity contribution in [1.29, 1.82) is 0 Å². The Morgan fingerprint density at radius 1 is 1.00 bits per heavy atom. The highest BCUT2D eigenvalue weighted by Crippen LogP contribution is 2.25. The summed E-state index contributed by atoms with van der Waals surface area (Å²) in [4.78, 5) is 14.3. The summed E-state index contributed by atoms with van der Waals surface area (Å²) in [6.07, 6.45) is 0. The van der Waals surface area contributed by atoms with Gasteiger partial charge in [-0.1, -0.05) is 48.2 Å². The monoisotopic (exact) mass is 486 g/mol. The third-order valence-electron chi connectivity index (χ3n) is 5.66. The zero-order chi connectivity index (χ0) is 23.4. The lowest BCUT2D eigenvalue weighted by Gasteiger charge is -2.34. The second-order valence-corrected chi connectivity index (χ2v) is 10.9. The second-order valence-electron chi connectivity index (χ2n) is 7.98. The number of carbonyl (C=O) groups is 1. The van der Waals surface area contributed by atoms with Gasteiger partial charge in [0.25, 0.3) is 5.22 Å². The van der Waals surface area contributed by atoms with Gasteiger partial charge in [-0.15, -0.1) is 10.2 Å². The number of thioether (sulfide) groups is 1. The van der Waals surface area contributed by atoms with Crippen LogP contribution < -0.4 is 0 Å². The molecule has 4 rings (SSSR count). The van der Waals surface area contributed by atoms with Crippen LogP contribution in [0.5, 0.6) is 0 Å². The molecule has 1 aromatic heterocycles. The van der Waals surface area contributed by atoms with Crippen molar-refractivity contribution in [3.63, 3.8) is 0 Å². The Bertz CT molecular complexity index is 1220. The summed E-state index contributed by atoms with van der Waals surface area (Å²) in [7, 11) is -3.41. The Morgan fingerprint density at radius 3 is 2.42 bits per heavy atom. The first kappa shape index (κ1) is 23.5. The fraction of sp³-hybridized carbons (Fsp3) is 0.348. The molecular formula is C23H26N4O4S2. The van der Waals surface area contributed by atoms with E-state index < -0.39 is 10.0 Å². The summed E-state index contributed by atoms with van der Waals surface area (Å²) >= 11 is 1.19. The van der Waals surface area contributed by atoms with Crippen LogP contribution in [0.3, 0.4) is 0 Å². The summed E-state index contributed by atoms with van der Waals surface area (Å²) in [5, 5.41) is 8.45. The Kier molecular flexibility index (Phi) is 7.16. The smallest absolute Gasteiger partial charge is 0.277 e. The minimum atomic E-state index is -3.41. The predicted molar refractivity (Wildman–Crippen MR) is 127 cm³/mol. The number of carbonyl (C=O) groups excluding carboxylic acids is 1. The minimum Gasteiger partial charge on any atom is -0.411 e. The number of hydrogen-bond acceptors (Lipinski definition) is 7. The zero-order valence-electron chi connectivity index (χ0n) is 18.6. The lowest BCUT2D eigenvalue weighted by molar-refractivity contribution is -0.129. The van der Waals surface area contributed by atoms with Crippen molar-refractivity contribution in [1.82, 2.24) is 19.4 Å². The molecule has 2 heterocycles. The largest absolute Gasteiger partial charge is 0.411 e. The van der Waals surface area contributed by atoms with Gasteiger partial charge in [0.1, 0.15) is 0 Å². The molecule has 0 bridgehead atoms. The third-order valence-corrected chi connectivity index (χ3v) is 8.31. The van der Waals surface area contributed by atoms with Crippen LogP contribution in [0.2, 0.25) is 0 Å². The maximum Gasteiger partial charge on any atom is 0.277 e. The number of sulfonamides is 1. The Balaban J connectivity index is 1.27. The molecule has 0 spiro atoms. The van der Waals surface area contributed by atoms with E-state index >= 15 is 0 Å². The van der Waals surface area contributed by atoms with Crippen molar-refractivity contribution in [2.45, 2.75) is 24.8 Å². The van der Waals surface area contributed by atoms with Crippen molar-refractivity contribution in [3.05, 3.63) is 65.2 Å². The van der Waals surface area contributed by atoms with Crippen LogP contribution in [0.1, 0.15) is 16.7 Å². The summed E-state index contributed by atoms with van der Waals surface area (Å²) in [5.41, 5.74) is 3.93. The topological polar surface area (TPSA) is 96.6 Å². The van der Waals surface area contributed by atoms with Crippen LogP contribution in [0.4, 0.5) is 0 Å². The first-order valence-electron chi connectivity index (χ1n) is 10.7. The highest BCUT2D eigenvalue weighted by molar-refractivity contribution is 7.99. The predicted octanol–water partition coefficient (Wildman–Crippen LogP) is 3.12. The molecule has 1 saturated heterocycles. The van der Waals surface area contributed by atoms with Gasteiger partial charge < -0.3 is 9.32 Å². The number of rotatable bonds is 7. The van der Waals surface area contributed by atoms with Crippen LogP contribution in [0, 0.1) is 13.8 Å². The number of aryl methyl sites for hydroxylation is 2. The van der Waals surface area contributed by atoms with Gasteiger partial charge in [0.05, 0.1) is 11.5 Å². The van der Waals surface area contributed by atoms with Crippen molar-refractivity contribution in [2.24, 2.45) is 0 Å². The Labute approximate surface area is 198 Å². The number of benzene rings is 2. The lowest BCUT2D eigenvalue weighted by Crippen LogP contribution is -2.51. The maximum absolute atomic E-state index is 12.7. The first-order chi connectivity index (χ1) is 15.8. The number of aromatic nitrogens is 2. The maximum atomic E-state index is 12.7. The molecule has 0 N–H and O–H groups in total. The summed E-state index contributed by atoms with van der Waals surface area (Å²) < 4.78 is 32.5. The normalized spacial score (nSPS) is 15.0. The third kappa shape index (κ3) is 5.82. The molecule has 0 saturated carbocycles. The van der Waals surface area contributed by atoms with Gasteiger partial charge in [0, 0.05) is 31.7 Å². The van der Waals surface area contributed by atoms with E-state index in [9.17, 15) is 13.2 Å².